The van der Waals surface area contributed by atoms with Gasteiger partial charge in [-0.05, 0) is 59.4 Å². The Morgan fingerprint density at radius 2 is 0.853 bits per heavy atom. The first kappa shape index (κ1) is 21.9. The molecule has 6 aromatic rings. The topological polar surface area (TPSA) is 25.8 Å². The molecule has 2 nitrogen and oxygen atoms in total. The number of thiazole rings is 2. The number of thiophene rings is 2. The second kappa shape index (κ2) is 9.19. The van der Waals surface area contributed by atoms with Crippen molar-refractivity contribution in [2.24, 2.45) is 0 Å². The highest BCUT2D eigenvalue weighted by molar-refractivity contribution is 7.32. The van der Waals surface area contributed by atoms with Gasteiger partial charge in [0, 0.05) is 9.75 Å². The molecule has 2 aromatic carbocycles. The quantitative estimate of drug-likeness (QED) is 0.221. The van der Waals surface area contributed by atoms with Crippen molar-refractivity contribution in [2.75, 3.05) is 0 Å². The van der Waals surface area contributed by atoms with Crippen LogP contribution in [-0.2, 0) is 12.8 Å². The first-order chi connectivity index (χ1) is 16.7. The molecule has 0 N–H and O–H groups in total. The minimum atomic E-state index is 1.03. The molecule has 0 radical (unpaired) electrons. The van der Waals surface area contributed by atoms with E-state index < -0.39 is 0 Å². The molecule has 0 aliphatic carbocycles. The van der Waals surface area contributed by atoms with Crippen molar-refractivity contribution in [3.63, 3.8) is 0 Å². The van der Waals surface area contributed by atoms with E-state index in [2.05, 4.69) is 86.6 Å². The SMILES string of the molecule is CCc1ccc(-c2ccc(-c3nc4sc(-c5ccc(-c6ccc(CC)cc6)s5)nc4s3)s2)cc1. The normalized spacial score (nSPS) is 11.5. The van der Waals surface area contributed by atoms with Gasteiger partial charge in [-0.2, -0.15) is 0 Å². The molecule has 168 valence electrons. The molecule has 0 amide bonds. The summed E-state index contributed by atoms with van der Waals surface area (Å²) in [5, 5.41) is 2.12. The Morgan fingerprint density at radius 3 is 1.24 bits per heavy atom. The molecule has 0 unspecified atom stereocenters. The maximum atomic E-state index is 4.94. The second-order valence-corrected chi connectivity index (χ2v) is 12.2. The molecular weight excluding hydrogens is 493 g/mol. The van der Waals surface area contributed by atoms with E-state index in [0.29, 0.717) is 0 Å². The standard InChI is InChI=1S/C28H22N2S4/c1-3-17-5-9-19(10-6-17)21-13-15-23(31-21)25-29-27-28(33-25)30-26(34-27)24-16-14-22(32-24)20-11-7-18(4-2)8-12-20/h5-16H,3-4H2,1-2H3. The van der Waals surface area contributed by atoms with Gasteiger partial charge in [0.15, 0.2) is 9.66 Å². The first-order valence-electron chi connectivity index (χ1n) is 11.4. The zero-order valence-corrected chi connectivity index (χ0v) is 22.1. The van der Waals surface area contributed by atoms with E-state index in [1.54, 1.807) is 45.3 Å². The smallest absolute Gasteiger partial charge is 0.155 e. The van der Waals surface area contributed by atoms with Crippen LogP contribution in [0.15, 0.2) is 72.8 Å². The Balaban J connectivity index is 1.24. The summed E-state index contributed by atoms with van der Waals surface area (Å²) >= 11 is 6.99. The van der Waals surface area contributed by atoms with Crippen molar-refractivity contribution < 1.29 is 0 Å². The molecule has 4 heterocycles. The van der Waals surface area contributed by atoms with Crippen molar-refractivity contribution in [3.8, 4) is 40.7 Å². The average molecular weight is 515 g/mol. The van der Waals surface area contributed by atoms with Gasteiger partial charge < -0.3 is 0 Å². The van der Waals surface area contributed by atoms with E-state index in [0.717, 1.165) is 32.5 Å². The van der Waals surface area contributed by atoms with Crippen LogP contribution in [0.1, 0.15) is 25.0 Å². The molecule has 34 heavy (non-hydrogen) atoms. The lowest BCUT2D eigenvalue weighted by molar-refractivity contribution is 1.14. The van der Waals surface area contributed by atoms with E-state index in [-0.39, 0.29) is 0 Å². The summed E-state index contributed by atoms with van der Waals surface area (Å²) in [7, 11) is 0. The summed E-state index contributed by atoms with van der Waals surface area (Å²) in [4.78, 5) is 16.9. The summed E-state index contributed by atoms with van der Waals surface area (Å²) in [5.74, 6) is 0. The molecule has 0 saturated carbocycles. The van der Waals surface area contributed by atoms with Gasteiger partial charge in [-0.15, -0.1) is 22.7 Å². The van der Waals surface area contributed by atoms with Crippen LogP contribution in [0.25, 0.3) is 50.3 Å². The fraction of sp³-hybridized carbons (Fsp3) is 0.143. The molecule has 6 rings (SSSR count). The van der Waals surface area contributed by atoms with Gasteiger partial charge in [0.05, 0.1) is 9.75 Å². The fourth-order valence-electron chi connectivity index (χ4n) is 3.88. The van der Waals surface area contributed by atoms with Gasteiger partial charge >= 0.3 is 0 Å². The number of fused-ring (bicyclic) bond motifs is 1. The van der Waals surface area contributed by atoms with Crippen LogP contribution in [0.5, 0.6) is 0 Å². The molecule has 6 heteroatoms. The molecule has 0 atom stereocenters. The molecule has 0 fully saturated rings. The lowest BCUT2D eigenvalue weighted by Gasteiger charge is -1.99. The number of rotatable bonds is 6. The minimum Gasteiger partial charge on any atom is -0.222 e. The molecule has 0 aliphatic rings. The third kappa shape index (κ3) is 4.16. The summed E-state index contributed by atoms with van der Waals surface area (Å²) in [6.45, 7) is 4.38. The molecule has 0 aliphatic heterocycles. The predicted molar refractivity (Wildman–Crippen MR) is 152 cm³/mol. The third-order valence-corrected chi connectivity index (χ3v) is 10.5. The highest BCUT2D eigenvalue weighted by Gasteiger charge is 2.16. The van der Waals surface area contributed by atoms with Crippen LogP contribution in [0, 0.1) is 0 Å². The van der Waals surface area contributed by atoms with Crippen LogP contribution in [0.4, 0.5) is 0 Å². The maximum absolute atomic E-state index is 4.94. The van der Waals surface area contributed by atoms with Crippen LogP contribution >= 0.6 is 45.3 Å². The second-order valence-electron chi connectivity index (χ2n) is 8.08. The van der Waals surface area contributed by atoms with Crippen LogP contribution in [0.2, 0.25) is 0 Å². The van der Waals surface area contributed by atoms with Gasteiger partial charge in [0.25, 0.3) is 0 Å². The van der Waals surface area contributed by atoms with Gasteiger partial charge in [-0.25, -0.2) is 9.97 Å². The predicted octanol–water partition coefficient (Wildman–Crippen LogP) is 9.67. The molecule has 0 spiro atoms. The number of aromatic nitrogens is 2. The zero-order chi connectivity index (χ0) is 23.1. The van der Waals surface area contributed by atoms with E-state index in [4.69, 9.17) is 9.97 Å². The summed E-state index contributed by atoms with van der Waals surface area (Å²) in [6, 6.07) is 26.5. The Morgan fingerprint density at radius 1 is 0.471 bits per heavy atom. The summed E-state index contributed by atoms with van der Waals surface area (Å²) in [5.41, 5.74) is 5.28. The monoisotopic (exact) mass is 514 g/mol. The molecule has 4 aromatic heterocycles. The van der Waals surface area contributed by atoms with E-state index in [9.17, 15) is 0 Å². The lowest BCUT2D eigenvalue weighted by Crippen LogP contribution is -1.78. The first-order valence-corrected chi connectivity index (χ1v) is 14.6. The van der Waals surface area contributed by atoms with Gasteiger partial charge in [-0.1, -0.05) is 85.1 Å². The van der Waals surface area contributed by atoms with Crippen molar-refractivity contribution >= 4 is 55.0 Å². The number of hydrogen-bond acceptors (Lipinski definition) is 6. The largest absolute Gasteiger partial charge is 0.222 e. The van der Waals surface area contributed by atoms with Crippen LogP contribution in [0.3, 0.4) is 0 Å². The van der Waals surface area contributed by atoms with Crippen molar-refractivity contribution in [2.45, 2.75) is 26.7 Å². The third-order valence-electron chi connectivity index (χ3n) is 5.90. The molecule has 0 saturated heterocycles. The number of hydrogen-bond donors (Lipinski definition) is 0. The molecule has 0 bridgehead atoms. The Bertz CT molecular complexity index is 1420. The van der Waals surface area contributed by atoms with E-state index in [1.165, 1.54) is 41.8 Å². The van der Waals surface area contributed by atoms with E-state index in [1.807, 2.05) is 0 Å². The maximum Gasteiger partial charge on any atom is 0.155 e. The number of nitrogens with zero attached hydrogens (tertiary/aromatic N) is 2. The van der Waals surface area contributed by atoms with Crippen LogP contribution in [-0.4, -0.2) is 9.97 Å². The minimum absolute atomic E-state index is 1.03. The van der Waals surface area contributed by atoms with Crippen molar-refractivity contribution in [1.82, 2.24) is 9.97 Å². The highest BCUT2D eigenvalue weighted by Crippen LogP contribution is 2.42. The summed E-state index contributed by atoms with van der Waals surface area (Å²) < 4.78 is 0. The fourth-order valence-corrected chi connectivity index (χ4v) is 8.05. The Labute approximate surface area is 215 Å². The molecular formula is C28H22N2S4. The van der Waals surface area contributed by atoms with Crippen molar-refractivity contribution in [3.05, 3.63) is 83.9 Å². The van der Waals surface area contributed by atoms with Gasteiger partial charge in [-0.3, -0.25) is 0 Å². The van der Waals surface area contributed by atoms with Gasteiger partial charge in [0.1, 0.15) is 10.0 Å². The summed E-state index contributed by atoms with van der Waals surface area (Å²) in [6.07, 6.45) is 2.14. The van der Waals surface area contributed by atoms with Gasteiger partial charge in [0.2, 0.25) is 0 Å². The highest BCUT2D eigenvalue weighted by atomic mass is 32.1. The van der Waals surface area contributed by atoms with Crippen molar-refractivity contribution in [1.29, 1.82) is 0 Å². The van der Waals surface area contributed by atoms with Crippen LogP contribution < -0.4 is 0 Å². The zero-order valence-electron chi connectivity index (χ0n) is 18.9. The Hall–Kier alpha value is -2.64. The average Bonchev–Trinajstić information content (AvgIpc) is 3.67. The number of aryl methyl sites for hydroxylation is 2. The lowest BCUT2D eigenvalue weighted by atomic mass is 10.1. The van der Waals surface area contributed by atoms with E-state index >= 15 is 0 Å². The number of benzene rings is 2. The Kier molecular flexibility index (Phi) is 5.91.